The number of nitrogens with zero attached hydrogens (tertiary/aromatic N) is 2. The molecule has 16 heavy (non-hydrogen) atoms. The number of hydrogen-bond donors (Lipinski definition) is 2. The molecule has 2 N–H and O–H groups in total. The van der Waals surface area contributed by atoms with E-state index in [1.165, 1.54) is 38.2 Å². The Labute approximate surface area is 97.4 Å². The molecule has 90 valence electrons. The van der Waals surface area contributed by atoms with E-state index < -0.39 is 0 Å². The Hall–Kier alpha value is -0.870. The van der Waals surface area contributed by atoms with Crippen LogP contribution in [0.4, 0.5) is 0 Å². The highest BCUT2D eigenvalue weighted by molar-refractivity contribution is 4.96. The quantitative estimate of drug-likeness (QED) is 0.787. The van der Waals surface area contributed by atoms with Gasteiger partial charge in [0.15, 0.2) is 0 Å². The summed E-state index contributed by atoms with van der Waals surface area (Å²) in [4.78, 5) is 2.53. The van der Waals surface area contributed by atoms with E-state index in [9.17, 15) is 0 Å². The molecule has 1 aliphatic heterocycles. The van der Waals surface area contributed by atoms with Crippen LogP contribution >= 0.6 is 0 Å². The lowest BCUT2D eigenvalue weighted by atomic mass is 9.97. The van der Waals surface area contributed by atoms with Crippen molar-refractivity contribution in [1.29, 1.82) is 0 Å². The first-order valence-electron chi connectivity index (χ1n) is 6.30. The lowest BCUT2D eigenvalue weighted by Crippen LogP contribution is -2.36. The Bertz CT molecular complexity index is 275. The molecule has 1 fully saturated rings. The fourth-order valence-electron chi connectivity index (χ4n) is 2.30. The molecule has 1 aromatic rings. The normalized spacial score (nSPS) is 19.1. The first kappa shape index (κ1) is 11.6. The maximum atomic E-state index is 3.94. The molecule has 0 amide bonds. The number of hydrogen-bond acceptors (Lipinski definition) is 3. The van der Waals surface area contributed by atoms with Gasteiger partial charge in [0.25, 0.3) is 0 Å². The van der Waals surface area contributed by atoms with E-state index in [0.717, 1.165) is 19.0 Å². The van der Waals surface area contributed by atoms with Gasteiger partial charge in [0.2, 0.25) is 0 Å². The second kappa shape index (κ2) is 6.01. The van der Waals surface area contributed by atoms with Crippen molar-refractivity contribution < 1.29 is 0 Å². The van der Waals surface area contributed by atoms with Gasteiger partial charge in [0.05, 0.1) is 0 Å². The molecule has 0 bridgehead atoms. The smallest absolute Gasteiger partial charge is 0.0490 e. The fourth-order valence-corrected chi connectivity index (χ4v) is 2.30. The number of aromatic nitrogens is 2. The third kappa shape index (κ3) is 3.32. The van der Waals surface area contributed by atoms with Crippen LogP contribution in [0.5, 0.6) is 0 Å². The van der Waals surface area contributed by atoms with Crippen molar-refractivity contribution in [3.8, 4) is 0 Å². The summed E-state index contributed by atoms with van der Waals surface area (Å²) in [6.45, 7) is 8.04. The molecule has 0 aliphatic carbocycles. The monoisotopic (exact) mass is 222 g/mol. The van der Waals surface area contributed by atoms with Crippen molar-refractivity contribution in [2.24, 2.45) is 5.92 Å². The molecule has 2 heterocycles. The highest BCUT2D eigenvalue weighted by Crippen LogP contribution is 2.15. The summed E-state index contributed by atoms with van der Waals surface area (Å²) >= 11 is 0. The van der Waals surface area contributed by atoms with Crippen LogP contribution < -0.4 is 5.32 Å². The van der Waals surface area contributed by atoms with E-state index in [2.05, 4.69) is 27.3 Å². The van der Waals surface area contributed by atoms with Gasteiger partial charge in [-0.25, -0.2) is 0 Å². The van der Waals surface area contributed by atoms with E-state index in [-0.39, 0.29) is 0 Å². The SMILES string of the molecule is CCN1CCC(CNCc2ccn[nH]2)CC1. The summed E-state index contributed by atoms with van der Waals surface area (Å²) in [5.74, 6) is 0.853. The van der Waals surface area contributed by atoms with Gasteiger partial charge >= 0.3 is 0 Å². The average Bonchev–Trinajstić information content (AvgIpc) is 2.83. The predicted molar refractivity (Wildman–Crippen MR) is 65.1 cm³/mol. The van der Waals surface area contributed by atoms with Crippen molar-refractivity contribution in [1.82, 2.24) is 20.4 Å². The molecule has 0 spiro atoms. The first-order chi connectivity index (χ1) is 7.88. The van der Waals surface area contributed by atoms with Gasteiger partial charge in [0.1, 0.15) is 0 Å². The first-order valence-corrected chi connectivity index (χ1v) is 6.30. The highest BCUT2D eigenvalue weighted by atomic mass is 15.1. The van der Waals surface area contributed by atoms with Crippen molar-refractivity contribution >= 4 is 0 Å². The molecule has 0 atom stereocenters. The molecule has 4 nitrogen and oxygen atoms in total. The second-order valence-corrected chi connectivity index (χ2v) is 4.59. The Kier molecular flexibility index (Phi) is 4.36. The molecule has 1 saturated heterocycles. The van der Waals surface area contributed by atoms with Crippen LogP contribution in [0.1, 0.15) is 25.5 Å². The maximum Gasteiger partial charge on any atom is 0.0490 e. The third-order valence-electron chi connectivity index (χ3n) is 3.46. The third-order valence-corrected chi connectivity index (χ3v) is 3.46. The summed E-state index contributed by atoms with van der Waals surface area (Å²) in [5.41, 5.74) is 1.17. The van der Waals surface area contributed by atoms with Gasteiger partial charge in [-0.3, -0.25) is 5.10 Å². The van der Waals surface area contributed by atoms with Gasteiger partial charge < -0.3 is 10.2 Å². The molecular weight excluding hydrogens is 200 g/mol. The topological polar surface area (TPSA) is 44.0 Å². The molecule has 0 aromatic carbocycles. The van der Waals surface area contributed by atoms with Crippen molar-refractivity contribution in [3.63, 3.8) is 0 Å². The zero-order chi connectivity index (χ0) is 11.2. The van der Waals surface area contributed by atoms with Crippen molar-refractivity contribution in [2.45, 2.75) is 26.3 Å². The summed E-state index contributed by atoms with van der Waals surface area (Å²) in [5, 5.41) is 10.4. The molecule has 0 unspecified atom stereocenters. The van der Waals surface area contributed by atoms with E-state index in [1.807, 2.05) is 6.07 Å². The van der Waals surface area contributed by atoms with E-state index in [0.29, 0.717) is 0 Å². The Balaban J connectivity index is 1.60. The Morgan fingerprint density at radius 1 is 1.50 bits per heavy atom. The molecule has 1 aliphatic rings. The van der Waals surface area contributed by atoms with Gasteiger partial charge in [-0.1, -0.05) is 6.92 Å². The lowest BCUT2D eigenvalue weighted by Gasteiger charge is -2.31. The van der Waals surface area contributed by atoms with Gasteiger partial charge in [-0.15, -0.1) is 0 Å². The highest BCUT2D eigenvalue weighted by Gasteiger charge is 2.17. The van der Waals surface area contributed by atoms with Crippen LogP contribution in [0.2, 0.25) is 0 Å². The zero-order valence-corrected chi connectivity index (χ0v) is 10.1. The molecule has 0 saturated carbocycles. The van der Waals surface area contributed by atoms with Crippen LogP contribution in [0.3, 0.4) is 0 Å². The Morgan fingerprint density at radius 2 is 2.31 bits per heavy atom. The van der Waals surface area contributed by atoms with Gasteiger partial charge in [0, 0.05) is 18.4 Å². The lowest BCUT2D eigenvalue weighted by molar-refractivity contribution is 0.190. The zero-order valence-electron chi connectivity index (χ0n) is 10.1. The molecule has 0 radical (unpaired) electrons. The number of nitrogens with one attached hydrogen (secondary N) is 2. The van der Waals surface area contributed by atoms with Crippen LogP contribution in [-0.4, -0.2) is 41.3 Å². The molecule has 4 heteroatoms. The van der Waals surface area contributed by atoms with E-state index in [4.69, 9.17) is 0 Å². The van der Waals surface area contributed by atoms with E-state index >= 15 is 0 Å². The summed E-state index contributed by atoms with van der Waals surface area (Å²) in [7, 11) is 0. The van der Waals surface area contributed by atoms with Gasteiger partial charge in [-0.2, -0.15) is 5.10 Å². The van der Waals surface area contributed by atoms with Crippen LogP contribution in [0.25, 0.3) is 0 Å². The van der Waals surface area contributed by atoms with Crippen LogP contribution in [-0.2, 0) is 6.54 Å². The van der Waals surface area contributed by atoms with Crippen molar-refractivity contribution in [3.05, 3.63) is 18.0 Å². The summed E-state index contributed by atoms with van der Waals surface area (Å²) < 4.78 is 0. The van der Waals surface area contributed by atoms with Crippen LogP contribution in [0, 0.1) is 5.92 Å². The summed E-state index contributed by atoms with van der Waals surface area (Å²) in [6.07, 6.45) is 4.48. The standard InChI is InChI=1S/C12H22N4/c1-2-16-7-4-11(5-8-16)9-13-10-12-3-6-14-15-12/h3,6,11,13H,2,4-5,7-10H2,1H3,(H,14,15). The predicted octanol–water partition coefficient (Wildman–Crippen LogP) is 1.23. The average molecular weight is 222 g/mol. The number of rotatable bonds is 5. The molecule has 2 rings (SSSR count). The minimum Gasteiger partial charge on any atom is -0.311 e. The fraction of sp³-hybridized carbons (Fsp3) is 0.750. The number of likely N-dealkylation sites (tertiary alicyclic amines) is 1. The molecular formula is C12H22N4. The number of aromatic amines is 1. The van der Waals surface area contributed by atoms with E-state index in [1.54, 1.807) is 6.20 Å². The number of H-pyrrole nitrogens is 1. The summed E-state index contributed by atoms with van der Waals surface area (Å²) in [6, 6.07) is 2.02. The van der Waals surface area contributed by atoms with Gasteiger partial charge in [-0.05, 0) is 51.0 Å². The van der Waals surface area contributed by atoms with Crippen molar-refractivity contribution in [2.75, 3.05) is 26.2 Å². The Morgan fingerprint density at radius 3 is 2.94 bits per heavy atom. The minimum absolute atomic E-state index is 0.853. The second-order valence-electron chi connectivity index (χ2n) is 4.59. The largest absolute Gasteiger partial charge is 0.311 e. The minimum atomic E-state index is 0.853. The molecule has 1 aromatic heterocycles. The maximum absolute atomic E-state index is 3.94. The van der Waals surface area contributed by atoms with Crippen LogP contribution in [0.15, 0.2) is 12.3 Å². The number of piperidine rings is 1.